The Morgan fingerprint density at radius 3 is 3.00 bits per heavy atom. The van der Waals surface area contributed by atoms with E-state index in [9.17, 15) is 4.79 Å². The zero-order chi connectivity index (χ0) is 13.8. The highest BCUT2D eigenvalue weighted by atomic mass is 127. The zero-order valence-corrected chi connectivity index (χ0v) is 13.2. The van der Waals surface area contributed by atoms with Crippen molar-refractivity contribution in [3.8, 4) is 5.75 Å². The van der Waals surface area contributed by atoms with Gasteiger partial charge in [0.25, 0.3) is 0 Å². The van der Waals surface area contributed by atoms with Crippen LogP contribution in [0, 0.1) is 10.5 Å². The minimum Gasteiger partial charge on any atom is -0.483 e. The molecule has 0 radical (unpaired) electrons. The molecule has 0 saturated heterocycles. The Morgan fingerprint density at radius 2 is 2.26 bits per heavy atom. The summed E-state index contributed by atoms with van der Waals surface area (Å²) in [7, 11) is 0. The van der Waals surface area contributed by atoms with Crippen molar-refractivity contribution in [2.75, 3.05) is 11.7 Å². The number of thioether (sulfide) groups is 1. The molecule has 2 aromatic rings. The van der Waals surface area contributed by atoms with E-state index >= 15 is 0 Å². The van der Waals surface area contributed by atoms with Crippen LogP contribution >= 0.6 is 34.4 Å². The summed E-state index contributed by atoms with van der Waals surface area (Å²) in [4.78, 5) is 14.8. The number of aryl methyl sites for hydroxylation is 1. The molecular formula is C13H12INO3S. The monoisotopic (exact) mass is 389 g/mol. The third-order valence-corrected chi connectivity index (χ3v) is 3.77. The number of carboxylic acids is 1. The lowest BCUT2D eigenvalue weighted by atomic mass is 10.1. The maximum Gasteiger partial charge on any atom is 0.313 e. The van der Waals surface area contributed by atoms with Gasteiger partial charge in [-0.05, 0) is 53.3 Å². The first kappa shape index (κ1) is 14.4. The molecule has 0 unspecified atom stereocenters. The number of hydrogen-bond donors (Lipinski definition) is 1. The number of ether oxygens (including phenoxy) is 1. The Hall–Kier alpha value is -1.02. The summed E-state index contributed by atoms with van der Waals surface area (Å²) in [6, 6.07) is 5.90. The second kappa shape index (κ2) is 6.42. The molecule has 100 valence electrons. The van der Waals surface area contributed by atoms with Gasteiger partial charge in [-0.2, -0.15) is 0 Å². The third kappa shape index (κ3) is 3.97. The van der Waals surface area contributed by atoms with Crippen molar-refractivity contribution in [3.63, 3.8) is 0 Å². The van der Waals surface area contributed by atoms with Crippen molar-refractivity contribution in [1.82, 2.24) is 4.98 Å². The van der Waals surface area contributed by atoms with Gasteiger partial charge in [-0.15, -0.1) is 11.8 Å². The molecule has 2 rings (SSSR count). The number of aliphatic carboxylic acids is 1. The fourth-order valence-electron chi connectivity index (χ4n) is 1.69. The number of benzene rings is 1. The minimum absolute atomic E-state index is 0.0476. The van der Waals surface area contributed by atoms with Crippen LogP contribution in [0.2, 0.25) is 0 Å². The van der Waals surface area contributed by atoms with Gasteiger partial charge in [0.15, 0.2) is 0 Å². The van der Waals surface area contributed by atoms with Gasteiger partial charge in [0.2, 0.25) is 0 Å². The molecule has 0 aliphatic rings. The summed E-state index contributed by atoms with van der Waals surface area (Å²) >= 11 is 3.45. The van der Waals surface area contributed by atoms with Crippen LogP contribution in [-0.2, 0) is 4.79 Å². The predicted molar refractivity (Wildman–Crippen MR) is 84.8 cm³/mol. The van der Waals surface area contributed by atoms with E-state index < -0.39 is 5.97 Å². The van der Waals surface area contributed by atoms with Crippen LogP contribution in [-0.4, -0.2) is 27.8 Å². The maximum atomic E-state index is 10.4. The lowest BCUT2D eigenvalue weighted by Gasteiger charge is -2.08. The van der Waals surface area contributed by atoms with E-state index in [1.54, 1.807) is 0 Å². The average Bonchev–Trinajstić information content (AvgIpc) is 2.34. The standard InChI is InChI=1S/C13H12INO3S/c1-8-2-11(18-7-19-6-12(16)17)4-9-3-10(14)5-15-13(8)9/h2-5H,6-7H2,1H3,(H,16,17). The number of carboxylic acid groups (broad SMARTS) is 1. The molecule has 0 atom stereocenters. The maximum absolute atomic E-state index is 10.4. The van der Waals surface area contributed by atoms with Gasteiger partial charge in [0, 0.05) is 15.2 Å². The summed E-state index contributed by atoms with van der Waals surface area (Å²) in [6.07, 6.45) is 1.83. The first-order valence-corrected chi connectivity index (χ1v) is 7.78. The van der Waals surface area contributed by atoms with Crippen LogP contribution < -0.4 is 4.74 Å². The number of fused-ring (bicyclic) bond motifs is 1. The summed E-state index contributed by atoms with van der Waals surface area (Å²) < 4.78 is 6.63. The minimum atomic E-state index is -0.831. The highest BCUT2D eigenvalue weighted by molar-refractivity contribution is 14.1. The normalized spacial score (nSPS) is 10.6. The second-order valence-corrected chi connectivity index (χ2v) is 6.15. The molecule has 1 aromatic carbocycles. The number of nitrogens with zero attached hydrogens (tertiary/aromatic N) is 1. The molecule has 19 heavy (non-hydrogen) atoms. The van der Waals surface area contributed by atoms with Gasteiger partial charge in [-0.25, -0.2) is 0 Å². The van der Waals surface area contributed by atoms with Crippen molar-refractivity contribution in [2.24, 2.45) is 0 Å². The van der Waals surface area contributed by atoms with Crippen molar-refractivity contribution in [1.29, 1.82) is 0 Å². The Balaban J connectivity index is 2.13. The molecule has 1 heterocycles. The van der Waals surface area contributed by atoms with Gasteiger partial charge in [-0.1, -0.05) is 0 Å². The topological polar surface area (TPSA) is 59.4 Å². The average molecular weight is 389 g/mol. The summed E-state index contributed by atoms with van der Waals surface area (Å²) in [5.74, 6) is 0.286. The lowest BCUT2D eigenvalue weighted by Crippen LogP contribution is -2.02. The molecule has 0 spiro atoms. The Bertz CT molecular complexity index is 618. The lowest BCUT2D eigenvalue weighted by molar-refractivity contribution is -0.133. The van der Waals surface area contributed by atoms with E-state index in [1.807, 2.05) is 31.3 Å². The van der Waals surface area contributed by atoms with Crippen LogP contribution in [0.4, 0.5) is 0 Å². The molecule has 6 heteroatoms. The Morgan fingerprint density at radius 1 is 1.47 bits per heavy atom. The summed E-state index contributed by atoms with van der Waals surface area (Å²) in [5, 5.41) is 9.57. The highest BCUT2D eigenvalue weighted by Crippen LogP contribution is 2.25. The summed E-state index contributed by atoms with van der Waals surface area (Å²) in [6.45, 7) is 1.99. The van der Waals surface area contributed by atoms with Crippen LogP contribution in [0.5, 0.6) is 5.75 Å². The van der Waals surface area contributed by atoms with Crippen molar-refractivity contribution in [2.45, 2.75) is 6.92 Å². The fraction of sp³-hybridized carbons (Fsp3) is 0.231. The number of rotatable bonds is 5. The van der Waals surface area contributed by atoms with E-state index in [-0.39, 0.29) is 5.75 Å². The van der Waals surface area contributed by atoms with Crippen LogP contribution in [0.1, 0.15) is 5.56 Å². The van der Waals surface area contributed by atoms with Crippen LogP contribution in [0.3, 0.4) is 0 Å². The first-order chi connectivity index (χ1) is 9.06. The Labute approximate surface area is 128 Å². The zero-order valence-electron chi connectivity index (χ0n) is 10.2. The van der Waals surface area contributed by atoms with Crippen molar-refractivity contribution >= 4 is 51.2 Å². The molecular weight excluding hydrogens is 377 g/mol. The summed E-state index contributed by atoms with van der Waals surface area (Å²) in [5.41, 5.74) is 2.01. The van der Waals surface area contributed by atoms with Gasteiger partial charge >= 0.3 is 5.97 Å². The fourth-order valence-corrected chi connectivity index (χ4v) is 2.65. The first-order valence-electron chi connectivity index (χ1n) is 5.54. The molecule has 4 nitrogen and oxygen atoms in total. The molecule has 0 aliphatic carbocycles. The predicted octanol–water partition coefficient (Wildman–Crippen LogP) is 3.30. The van der Waals surface area contributed by atoms with E-state index in [0.29, 0.717) is 5.94 Å². The smallest absolute Gasteiger partial charge is 0.313 e. The molecule has 0 fully saturated rings. The molecule has 0 amide bonds. The molecule has 0 saturated carbocycles. The second-order valence-electron chi connectivity index (χ2n) is 3.97. The number of aromatic nitrogens is 1. The number of hydrogen-bond acceptors (Lipinski definition) is 4. The highest BCUT2D eigenvalue weighted by Gasteiger charge is 2.04. The van der Waals surface area contributed by atoms with E-state index in [0.717, 1.165) is 25.8 Å². The molecule has 1 N–H and O–H groups in total. The van der Waals surface area contributed by atoms with Gasteiger partial charge < -0.3 is 9.84 Å². The van der Waals surface area contributed by atoms with Gasteiger partial charge in [0.05, 0.1) is 11.3 Å². The van der Waals surface area contributed by atoms with Gasteiger partial charge in [-0.3, -0.25) is 9.78 Å². The molecule has 1 aromatic heterocycles. The largest absolute Gasteiger partial charge is 0.483 e. The SMILES string of the molecule is Cc1cc(OCSCC(=O)O)cc2cc(I)cnc12. The van der Waals surface area contributed by atoms with E-state index in [2.05, 4.69) is 27.6 Å². The van der Waals surface area contributed by atoms with Crippen LogP contribution in [0.15, 0.2) is 24.4 Å². The number of carbonyl (C=O) groups is 1. The van der Waals surface area contributed by atoms with E-state index in [1.165, 1.54) is 11.8 Å². The third-order valence-electron chi connectivity index (χ3n) is 2.45. The number of pyridine rings is 1. The number of halogens is 1. The van der Waals surface area contributed by atoms with Crippen LogP contribution in [0.25, 0.3) is 10.9 Å². The van der Waals surface area contributed by atoms with Gasteiger partial charge in [0.1, 0.15) is 11.7 Å². The van der Waals surface area contributed by atoms with Crippen molar-refractivity contribution < 1.29 is 14.6 Å². The molecule has 0 bridgehead atoms. The van der Waals surface area contributed by atoms with Crippen molar-refractivity contribution in [3.05, 3.63) is 33.5 Å². The quantitative estimate of drug-likeness (QED) is 0.483. The Kier molecular flexibility index (Phi) is 4.87. The molecule has 0 aliphatic heterocycles. The van der Waals surface area contributed by atoms with E-state index in [4.69, 9.17) is 9.84 Å².